The molecule has 156 valence electrons. The summed E-state index contributed by atoms with van der Waals surface area (Å²) >= 11 is 13.6. The third-order valence-electron chi connectivity index (χ3n) is 5.38. The molecule has 3 N–H and O–H groups in total. The highest BCUT2D eigenvalue weighted by Crippen LogP contribution is 2.39. The zero-order valence-electron chi connectivity index (χ0n) is 16.0. The van der Waals surface area contributed by atoms with Crippen LogP contribution in [0, 0.1) is 0 Å². The van der Waals surface area contributed by atoms with Crippen LogP contribution in [0.3, 0.4) is 0 Å². The number of thiophene rings is 1. The summed E-state index contributed by atoms with van der Waals surface area (Å²) in [6, 6.07) is 12.4. The largest absolute Gasteiger partial charge is 0.349 e. The van der Waals surface area contributed by atoms with Crippen molar-refractivity contribution in [3.8, 4) is 0 Å². The lowest BCUT2D eigenvalue weighted by atomic mass is 10.1. The molecule has 0 aliphatic heterocycles. The van der Waals surface area contributed by atoms with E-state index in [0.29, 0.717) is 32.6 Å². The first kappa shape index (κ1) is 20.1. The smallest absolute Gasteiger partial charge is 0.268 e. The van der Waals surface area contributed by atoms with Gasteiger partial charge in [-0.2, -0.15) is 0 Å². The number of pyridine rings is 1. The van der Waals surface area contributed by atoms with Crippen molar-refractivity contribution in [3.63, 3.8) is 0 Å². The van der Waals surface area contributed by atoms with Gasteiger partial charge in [0.2, 0.25) is 0 Å². The van der Waals surface area contributed by atoms with E-state index in [-0.39, 0.29) is 23.9 Å². The molecule has 2 amide bonds. The lowest BCUT2D eigenvalue weighted by Crippen LogP contribution is -2.44. The second-order valence-corrected chi connectivity index (χ2v) is 9.32. The first-order chi connectivity index (χ1) is 15.0. The Hall–Kier alpha value is -2.87. The van der Waals surface area contributed by atoms with E-state index in [1.165, 1.54) is 17.5 Å². The third-order valence-corrected chi connectivity index (χ3v) is 7.31. The van der Waals surface area contributed by atoms with E-state index in [4.69, 9.17) is 23.2 Å². The Bertz CT molecular complexity index is 1300. The van der Waals surface area contributed by atoms with Crippen LogP contribution >= 0.6 is 34.5 Å². The van der Waals surface area contributed by atoms with Crippen LogP contribution < -0.4 is 10.6 Å². The maximum absolute atomic E-state index is 13.0. The summed E-state index contributed by atoms with van der Waals surface area (Å²) in [6.45, 7) is 0. The van der Waals surface area contributed by atoms with Gasteiger partial charge < -0.3 is 15.6 Å². The summed E-state index contributed by atoms with van der Waals surface area (Å²) in [5.41, 5.74) is 3.60. The van der Waals surface area contributed by atoms with Crippen molar-refractivity contribution >= 4 is 56.6 Å². The van der Waals surface area contributed by atoms with E-state index in [0.717, 1.165) is 15.8 Å². The maximum Gasteiger partial charge on any atom is 0.268 e. The average Bonchev–Trinajstić information content (AvgIpc) is 3.42. The molecule has 4 aromatic rings. The highest BCUT2D eigenvalue weighted by Gasteiger charge is 2.35. The van der Waals surface area contributed by atoms with Gasteiger partial charge in [-0.15, -0.1) is 11.3 Å². The fourth-order valence-electron chi connectivity index (χ4n) is 3.92. The molecule has 6 nitrogen and oxygen atoms in total. The molecule has 5 rings (SSSR count). The molecular formula is C22H16Cl2N4O2S. The number of amides is 2. The second-order valence-electron chi connectivity index (χ2n) is 7.29. The van der Waals surface area contributed by atoms with Gasteiger partial charge in [-0.25, -0.2) is 0 Å². The summed E-state index contributed by atoms with van der Waals surface area (Å²) in [4.78, 5) is 32.8. The number of hydrogen-bond acceptors (Lipinski definition) is 4. The zero-order chi connectivity index (χ0) is 21.5. The number of benzene rings is 1. The van der Waals surface area contributed by atoms with Gasteiger partial charge in [0, 0.05) is 12.4 Å². The first-order valence-electron chi connectivity index (χ1n) is 9.57. The van der Waals surface area contributed by atoms with Crippen LogP contribution in [0.4, 0.5) is 0 Å². The van der Waals surface area contributed by atoms with E-state index in [2.05, 4.69) is 20.6 Å². The molecule has 0 radical (unpaired) electrons. The molecule has 2 atom stereocenters. The topological polar surface area (TPSA) is 86.9 Å². The average molecular weight is 471 g/mol. The van der Waals surface area contributed by atoms with Crippen molar-refractivity contribution in [1.82, 2.24) is 20.6 Å². The number of hydrogen-bond donors (Lipinski definition) is 3. The summed E-state index contributed by atoms with van der Waals surface area (Å²) in [5, 5.41) is 6.53. The van der Waals surface area contributed by atoms with E-state index in [1.807, 2.05) is 24.3 Å². The van der Waals surface area contributed by atoms with Gasteiger partial charge in [0.05, 0.1) is 32.9 Å². The number of nitrogens with one attached hydrogen (secondary N) is 3. The number of H-pyrrole nitrogens is 1. The minimum absolute atomic E-state index is 0.240. The predicted octanol–water partition coefficient (Wildman–Crippen LogP) is 4.76. The SMILES string of the molecule is O=C(N[C@H]1c2ccccc2C[C@@H]1NC(=O)c1cc2sc(Cl)c(Cl)c2[nH]1)c1cccnc1. The summed E-state index contributed by atoms with van der Waals surface area (Å²) in [5.74, 6) is -0.509. The summed E-state index contributed by atoms with van der Waals surface area (Å²) in [7, 11) is 0. The fourth-order valence-corrected chi connectivity index (χ4v) is 5.40. The third kappa shape index (κ3) is 3.69. The maximum atomic E-state index is 13.0. The number of aromatic amines is 1. The lowest BCUT2D eigenvalue weighted by Gasteiger charge is -2.23. The zero-order valence-corrected chi connectivity index (χ0v) is 18.3. The molecule has 0 saturated carbocycles. The minimum Gasteiger partial charge on any atom is -0.349 e. The Labute approximate surface area is 191 Å². The van der Waals surface area contributed by atoms with E-state index in [9.17, 15) is 9.59 Å². The highest BCUT2D eigenvalue weighted by atomic mass is 35.5. The Morgan fingerprint density at radius 3 is 2.71 bits per heavy atom. The molecule has 0 bridgehead atoms. The van der Waals surface area contributed by atoms with Crippen molar-refractivity contribution in [3.05, 3.63) is 86.6 Å². The van der Waals surface area contributed by atoms with Crippen molar-refractivity contribution in [1.29, 1.82) is 0 Å². The van der Waals surface area contributed by atoms with Gasteiger partial charge in [-0.1, -0.05) is 47.5 Å². The van der Waals surface area contributed by atoms with Gasteiger partial charge in [-0.05, 0) is 35.7 Å². The number of rotatable bonds is 4. The Kier molecular flexibility index (Phi) is 5.17. The Morgan fingerprint density at radius 1 is 1.10 bits per heavy atom. The van der Waals surface area contributed by atoms with Crippen molar-refractivity contribution in [2.45, 2.75) is 18.5 Å². The van der Waals surface area contributed by atoms with Gasteiger partial charge in [0.1, 0.15) is 10.0 Å². The molecule has 3 aromatic heterocycles. The van der Waals surface area contributed by atoms with Crippen molar-refractivity contribution in [2.24, 2.45) is 0 Å². The molecule has 1 aliphatic rings. The molecule has 0 fully saturated rings. The first-order valence-corrected chi connectivity index (χ1v) is 11.1. The number of halogens is 2. The standard InChI is InChI=1S/C22H16Cl2N4O2S/c23-17-19-16(31-20(17)24)9-15(26-19)22(30)27-14-8-11-4-1-2-6-13(11)18(14)28-21(29)12-5-3-7-25-10-12/h1-7,9-10,14,18,26H,8H2,(H,27,30)(H,28,29)/t14-,18-/m0/s1. The second kappa shape index (κ2) is 8.00. The Balaban J connectivity index is 1.40. The molecule has 0 saturated heterocycles. The molecule has 1 aliphatic carbocycles. The normalized spacial score (nSPS) is 17.5. The van der Waals surface area contributed by atoms with Crippen molar-refractivity contribution < 1.29 is 9.59 Å². The molecule has 31 heavy (non-hydrogen) atoms. The monoisotopic (exact) mass is 470 g/mol. The van der Waals surface area contributed by atoms with Crippen LogP contribution in [0.15, 0.2) is 54.9 Å². The van der Waals surface area contributed by atoms with Crippen molar-refractivity contribution in [2.75, 3.05) is 0 Å². The molecule has 0 spiro atoms. The molecule has 1 aromatic carbocycles. The van der Waals surface area contributed by atoms with Crippen LogP contribution in [-0.4, -0.2) is 27.8 Å². The van der Waals surface area contributed by atoms with E-state index >= 15 is 0 Å². The minimum atomic E-state index is -0.359. The van der Waals surface area contributed by atoms with Crippen LogP contribution in [0.25, 0.3) is 10.2 Å². The molecule has 9 heteroatoms. The molecule has 0 unspecified atom stereocenters. The van der Waals surface area contributed by atoms with Crippen LogP contribution in [0.5, 0.6) is 0 Å². The molecular weight excluding hydrogens is 455 g/mol. The fraction of sp³-hybridized carbons (Fsp3) is 0.136. The van der Waals surface area contributed by atoms with Crippen LogP contribution in [-0.2, 0) is 6.42 Å². The van der Waals surface area contributed by atoms with Crippen LogP contribution in [0.2, 0.25) is 9.36 Å². The molecule has 3 heterocycles. The summed E-state index contributed by atoms with van der Waals surface area (Å²) < 4.78 is 1.30. The van der Waals surface area contributed by atoms with Gasteiger partial charge in [0.15, 0.2) is 0 Å². The number of aromatic nitrogens is 2. The van der Waals surface area contributed by atoms with Crippen LogP contribution in [0.1, 0.15) is 38.0 Å². The Morgan fingerprint density at radius 2 is 1.94 bits per heavy atom. The van der Waals surface area contributed by atoms with Gasteiger partial charge in [-0.3, -0.25) is 14.6 Å². The van der Waals surface area contributed by atoms with E-state index in [1.54, 1.807) is 24.4 Å². The number of carbonyl (C=O) groups excluding carboxylic acids is 2. The highest BCUT2D eigenvalue weighted by molar-refractivity contribution is 7.23. The van der Waals surface area contributed by atoms with Gasteiger partial charge in [0.25, 0.3) is 11.8 Å². The number of fused-ring (bicyclic) bond motifs is 2. The van der Waals surface area contributed by atoms with Gasteiger partial charge >= 0.3 is 0 Å². The summed E-state index contributed by atoms with van der Waals surface area (Å²) in [6.07, 6.45) is 3.75. The van der Waals surface area contributed by atoms with E-state index < -0.39 is 0 Å². The lowest BCUT2D eigenvalue weighted by molar-refractivity contribution is 0.0885. The number of carbonyl (C=O) groups is 2. The predicted molar refractivity (Wildman–Crippen MR) is 122 cm³/mol. The number of nitrogens with zero attached hydrogens (tertiary/aromatic N) is 1. The quantitative estimate of drug-likeness (QED) is 0.401.